The zero-order valence-corrected chi connectivity index (χ0v) is 10.9. The van der Waals surface area contributed by atoms with Gasteiger partial charge in [0.05, 0.1) is 24.7 Å². The lowest BCUT2D eigenvalue weighted by Crippen LogP contribution is -2.41. The second kappa shape index (κ2) is 5.46. The molecule has 0 amide bonds. The smallest absolute Gasteiger partial charge is 0.288 e. The number of non-ortho nitro benzene ring substituents is 1. The number of rotatable bonds is 2. The van der Waals surface area contributed by atoms with Gasteiger partial charge in [-0.25, -0.2) is 4.99 Å². The van der Waals surface area contributed by atoms with Crippen LogP contribution in [0.4, 0.5) is 5.69 Å². The Morgan fingerprint density at radius 2 is 1.95 bits per heavy atom. The summed E-state index contributed by atoms with van der Waals surface area (Å²) in [5, 5.41) is 10.6. The second-order valence-electron chi connectivity index (χ2n) is 4.68. The number of nitro groups is 1. The molecule has 7 heteroatoms. The first-order valence-corrected chi connectivity index (χ1v) is 6.52. The fraction of sp³-hybridized carbons (Fsp3) is 0.462. The van der Waals surface area contributed by atoms with Gasteiger partial charge in [0.15, 0.2) is 0 Å². The van der Waals surface area contributed by atoms with Crippen LogP contribution in [0, 0.1) is 10.1 Å². The number of hydrogen-bond donors (Lipinski definition) is 0. The third kappa shape index (κ3) is 2.57. The number of amidine groups is 1. The van der Waals surface area contributed by atoms with Crippen molar-refractivity contribution < 1.29 is 14.4 Å². The fourth-order valence-electron chi connectivity index (χ4n) is 2.28. The fourth-order valence-corrected chi connectivity index (χ4v) is 2.28. The highest BCUT2D eigenvalue weighted by molar-refractivity contribution is 5.75. The van der Waals surface area contributed by atoms with Crippen molar-refractivity contribution in [3.05, 3.63) is 39.9 Å². The molecule has 7 nitrogen and oxygen atoms in total. The van der Waals surface area contributed by atoms with Crippen molar-refractivity contribution in [3.8, 4) is 0 Å². The summed E-state index contributed by atoms with van der Waals surface area (Å²) in [5.41, 5.74) is 0.990. The quantitative estimate of drug-likeness (QED) is 0.602. The molecule has 0 bridgehead atoms. The van der Waals surface area contributed by atoms with Gasteiger partial charge >= 0.3 is 0 Å². The standard InChI is InChI=1S/C13H15N3O4/c17-16(18)11-3-1-10(2-4-11)12-9-14-13(20-12)15-5-7-19-8-6-15/h1-4,12H,5-9H2. The van der Waals surface area contributed by atoms with E-state index in [4.69, 9.17) is 9.47 Å². The van der Waals surface area contributed by atoms with Crippen molar-refractivity contribution in [2.75, 3.05) is 32.8 Å². The van der Waals surface area contributed by atoms with Gasteiger partial charge in [-0.15, -0.1) is 0 Å². The minimum Gasteiger partial charge on any atom is -0.455 e. The van der Waals surface area contributed by atoms with Crippen LogP contribution in [-0.2, 0) is 9.47 Å². The molecule has 1 unspecified atom stereocenters. The largest absolute Gasteiger partial charge is 0.455 e. The van der Waals surface area contributed by atoms with Gasteiger partial charge in [-0.3, -0.25) is 10.1 Å². The SMILES string of the molecule is O=[N+]([O-])c1ccc(C2CN=C(N3CCOCC3)O2)cc1. The van der Waals surface area contributed by atoms with Gasteiger partial charge in [0, 0.05) is 25.2 Å². The first kappa shape index (κ1) is 12.9. The third-order valence-electron chi connectivity index (χ3n) is 3.40. The lowest BCUT2D eigenvalue weighted by molar-refractivity contribution is -0.384. The van der Waals surface area contributed by atoms with Crippen LogP contribution in [0.5, 0.6) is 0 Å². The minimum atomic E-state index is -0.408. The average molecular weight is 277 g/mol. The molecule has 1 aromatic rings. The molecule has 106 valence electrons. The number of benzene rings is 1. The Morgan fingerprint density at radius 3 is 2.60 bits per heavy atom. The van der Waals surface area contributed by atoms with Crippen LogP contribution in [0.15, 0.2) is 29.3 Å². The molecule has 0 saturated carbocycles. The second-order valence-corrected chi connectivity index (χ2v) is 4.68. The molecule has 1 fully saturated rings. The van der Waals surface area contributed by atoms with E-state index < -0.39 is 4.92 Å². The summed E-state index contributed by atoms with van der Waals surface area (Å²) in [4.78, 5) is 16.7. The predicted octanol–water partition coefficient (Wildman–Crippen LogP) is 1.35. The van der Waals surface area contributed by atoms with Crippen molar-refractivity contribution in [1.82, 2.24) is 4.90 Å². The average Bonchev–Trinajstić information content (AvgIpc) is 2.98. The van der Waals surface area contributed by atoms with Gasteiger partial charge in [0.1, 0.15) is 6.10 Å². The summed E-state index contributed by atoms with van der Waals surface area (Å²) in [6.07, 6.45) is -0.159. The summed E-state index contributed by atoms with van der Waals surface area (Å²) >= 11 is 0. The van der Waals surface area contributed by atoms with Gasteiger partial charge in [0.25, 0.3) is 11.7 Å². The molecule has 1 aromatic carbocycles. The van der Waals surface area contributed by atoms with Crippen molar-refractivity contribution >= 4 is 11.7 Å². The summed E-state index contributed by atoms with van der Waals surface area (Å²) in [7, 11) is 0. The van der Waals surface area contributed by atoms with Gasteiger partial charge in [-0.2, -0.15) is 0 Å². The zero-order valence-electron chi connectivity index (χ0n) is 10.9. The van der Waals surface area contributed by atoms with E-state index in [1.54, 1.807) is 12.1 Å². The Kier molecular flexibility index (Phi) is 3.51. The summed E-state index contributed by atoms with van der Waals surface area (Å²) in [6, 6.07) is 7.08. The Balaban J connectivity index is 1.64. The maximum Gasteiger partial charge on any atom is 0.288 e. The van der Waals surface area contributed by atoms with E-state index in [0.29, 0.717) is 25.8 Å². The van der Waals surface area contributed by atoms with Gasteiger partial charge in [-0.05, 0) is 17.7 Å². The van der Waals surface area contributed by atoms with Crippen LogP contribution in [-0.4, -0.2) is 48.7 Å². The van der Waals surface area contributed by atoms with E-state index in [0.717, 1.165) is 18.7 Å². The van der Waals surface area contributed by atoms with Gasteiger partial charge in [-0.1, -0.05) is 0 Å². The monoisotopic (exact) mass is 277 g/mol. The zero-order chi connectivity index (χ0) is 13.9. The molecule has 20 heavy (non-hydrogen) atoms. The number of morpholine rings is 1. The lowest BCUT2D eigenvalue weighted by atomic mass is 10.1. The molecule has 1 saturated heterocycles. The first-order chi connectivity index (χ1) is 9.74. The molecule has 0 aromatic heterocycles. The van der Waals surface area contributed by atoms with E-state index in [2.05, 4.69) is 9.89 Å². The summed E-state index contributed by atoms with van der Waals surface area (Å²) in [5.74, 6) is 0. The Labute approximate surface area is 116 Å². The van der Waals surface area contributed by atoms with Crippen LogP contribution < -0.4 is 0 Å². The Morgan fingerprint density at radius 1 is 1.25 bits per heavy atom. The van der Waals surface area contributed by atoms with E-state index in [-0.39, 0.29) is 11.8 Å². The molecule has 0 N–H and O–H groups in total. The molecule has 2 heterocycles. The molecule has 0 spiro atoms. The van der Waals surface area contributed by atoms with Crippen LogP contribution in [0.25, 0.3) is 0 Å². The molecule has 3 rings (SSSR count). The number of ether oxygens (including phenoxy) is 2. The number of aliphatic imine (C=N–C) groups is 1. The van der Waals surface area contributed by atoms with Crippen LogP contribution in [0.2, 0.25) is 0 Å². The maximum absolute atomic E-state index is 10.6. The van der Waals surface area contributed by atoms with Gasteiger partial charge < -0.3 is 14.4 Å². The van der Waals surface area contributed by atoms with E-state index >= 15 is 0 Å². The van der Waals surface area contributed by atoms with Crippen molar-refractivity contribution in [1.29, 1.82) is 0 Å². The molecule has 0 radical (unpaired) electrons. The third-order valence-corrected chi connectivity index (χ3v) is 3.40. The van der Waals surface area contributed by atoms with E-state index in [1.165, 1.54) is 12.1 Å². The van der Waals surface area contributed by atoms with Crippen molar-refractivity contribution in [2.24, 2.45) is 4.99 Å². The highest BCUT2D eigenvalue weighted by Crippen LogP contribution is 2.26. The predicted molar refractivity (Wildman–Crippen MR) is 71.6 cm³/mol. The Bertz CT molecular complexity index is 523. The summed E-state index contributed by atoms with van der Waals surface area (Å²) in [6.45, 7) is 3.48. The minimum absolute atomic E-state index is 0.0843. The number of nitro benzene ring substituents is 1. The molecular weight excluding hydrogens is 262 g/mol. The van der Waals surface area contributed by atoms with Crippen LogP contribution in [0.1, 0.15) is 11.7 Å². The molecule has 2 aliphatic heterocycles. The topological polar surface area (TPSA) is 77.2 Å². The van der Waals surface area contributed by atoms with Gasteiger partial charge in [0.2, 0.25) is 0 Å². The number of hydrogen-bond acceptors (Lipinski definition) is 6. The molecular formula is C13H15N3O4. The molecule has 0 aliphatic carbocycles. The lowest BCUT2D eigenvalue weighted by Gasteiger charge is -2.28. The van der Waals surface area contributed by atoms with Crippen molar-refractivity contribution in [3.63, 3.8) is 0 Å². The first-order valence-electron chi connectivity index (χ1n) is 6.52. The van der Waals surface area contributed by atoms with Crippen LogP contribution >= 0.6 is 0 Å². The molecule has 2 aliphatic rings. The van der Waals surface area contributed by atoms with Crippen LogP contribution in [0.3, 0.4) is 0 Å². The Hall–Kier alpha value is -2.15. The normalized spacial score (nSPS) is 22.3. The van der Waals surface area contributed by atoms with Crippen molar-refractivity contribution in [2.45, 2.75) is 6.10 Å². The molecule has 1 atom stereocenters. The van der Waals surface area contributed by atoms with E-state index in [1.807, 2.05) is 0 Å². The van der Waals surface area contributed by atoms with E-state index in [9.17, 15) is 10.1 Å². The highest BCUT2D eigenvalue weighted by atomic mass is 16.6. The number of nitrogens with zero attached hydrogens (tertiary/aromatic N) is 3. The highest BCUT2D eigenvalue weighted by Gasteiger charge is 2.27. The summed E-state index contributed by atoms with van der Waals surface area (Å²) < 4.78 is 11.1. The maximum atomic E-state index is 10.6.